The molecule has 1 amide bonds. The van der Waals surface area contributed by atoms with Crippen LogP contribution in [-0.4, -0.2) is 33.0 Å². The van der Waals surface area contributed by atoms with E-state index in [1.54, 1.807) is 0 Å². The number of carboxylic acids is 1. The molecular formula is C11H14ClN3O3. The molecule has 0 spiro atoms. The van der Waals surface area contributed by atoms with Gasteiger partial charge in [-0.05, 0) is 12.3 Å². The minimum atomic E-state index is -1.07. The number of aromatic nitrogens is 2. The fraction of sp³-hybridized carbons (Fsp3) is 0.455. The van der Waals surface area contributed by atoms with Crippen molar-refractivity contribution in [1.29, 1.82) is 0 Å². The van der Waals surface area contributed by atoms with Crippen molar-refractivity contribution in [2.24, 2.45) is 5.92 Å². The van der Waals surface area contributed by atoms with Crippen LogP contribution in [0.3, 0.4) is 0 Å². The van der Waals surface area contributed by atoms with E-state index in [4.69, 9.17) is 16.7 Å². The van der Waals surface area contributed by atoms with Gasteiger partial charge in [-0.2, -0.15) is 0 Å². The zero-order chi connectivity index (χ0) is 13.7. The second-order valence-electron chi connectivity index (χ2n) is 4.22. The molecule has 0 aliphatic rings. The van der Waals surface area contributed by atoms with Gasteiger partial charge in [-0.1, -0.05) is 25.4 Å². The largest absolute Gasteiger partial charge is 0.480 e. The SMILES string of the molecule is CC(C)C[C@H](NC(=O)c1cnc(Cl)cn1)C(=O)O. The fourth-order valence-electron chi connectivity index (χ4n) is 1.35. The highest BCUT2D eigenvalue weighted by molar-refractivity contribution is 6.29. The van der Waals surface area contributed by atoms with Gasteiger partial charge in [0, 0.05) is 0 Å². The lowest BCUT2D eigenvalue weighted by molar-refractivity contribution is -0.139. The quantitative estimate of drug-likeness (QED) is 0.843. The predicted octanol–water partition coefficient (Wildman–Crippen LogP) is 1.36. The lowest BCUT2D eigenvalue weighted by Crippen LogP contribution is -2.41. The van der Waals surface area contributed by atoms with E-state index in [-0.39, 0.29) is 16.8 Å². The number of rotatable bonds is 5. The summed E-state index contributed by atoms with van der Waals surface area (Å²) in [5.74, 6) is -1.49. The van der Waals surface area contributed by atoms with Crippen LogP contribution in [0.4, 0.5) is 0 Å². The Morgan fingerprint density at radius 3 is 2.50 bits per heavy atom. The topological polar surface area (TPSA) is 92.2 Å². The number of carbonyl (C=O) groups is 2. The highest BCUT2D eigenvalue weighted by Gasteiger charge is 2.22. The minimum Gasteiger partial charge on any atom is -0.480 e. The van der Waals surface area contributed by atoms with Crippen molar-refractivity contribution >= 4 is 23.5 Å². The molecular weight excluding hydrogens is 258 g/mol. The first-order chi connectivity index (χ1) is 8.40. The van der Waals surface area contributed by atoms with Crippen molar-refractivity contribution in [1.82, 2.24) is 15.3 Å². The maximum atomic E-state index is 11.7. The van der Waals surface area contributed by atoms with E-state index in [0.717, 1.165) is 0 Å². The maximum absolute atomic E-state index is 11.7. The van der Waals surface area contributed by atoms with Gasteiger partial charge in [0.2, 0.25) is 0 Å². The molecule has 2 N–H and O–H groups in total. The minimum absolute atomic E-state index is 0.0365. The lowest BCUT2D eigenvalue weighted by Gasteiger charge is -2.15. The summed E-state index contributed by atoms with van der Waals surface area (Å²) < 4.78 is 0. The van der Waals surface area contributed by atoms with Crippen LogP contribution in [0.5, 0.6) is 0 Å². The monoisotopic (exact) mass is 271 g/mol. The van der Waals surface area contributed by atoms with Crippen LogP contribution in [0.25, 0.3) is 0 Å². The van der Waals surface area contributed by atoms with Gasteiger partial charge in [0.1, 0.15) is 16.9 Å². The highest BCUT2D eigenvalue weighted by Crippen LogP contribution is 2.06. The molecule has 1 aromatic rings. The first kappa shape index (κ1) is 14.4. The van der Waals surface area contributed by atoms with Gasteiger partial charge >= 0.3 is 5.97 Å². The van der Waals surface area contributed by atoms with Crippen LogP contribution in [0.2, 0.25) is 5.15 Å². The van der Waals surface area contributed by atoms with Gasteiger partial charge < -0.3 is 10.4 Å². The normalized spacial score (nSPS) is 12.2. The van der Waals surface area contributed by atoms with Crippen molar-refractivity contribution in [2.75, 3.05) is 0 Å². The number of hydrogen-bond acceptors (Lipinski definition) is 4. The molecule has 0 saturated carbocycles. The molecule has 0 saturated heterocycles. The third-order valence-electron chi connectivity index (χ3n) is 2.16. The summed E-state index contributed by atoms with van der Waals surface area (Å²) in [5, 5.41) is 11.6. The smallest absolute Gasteiger partial charge is 0.326 e. The molecule has 0 radical (unpaired) electrons. The van der Waals surface area contributed by atoms with E-state index < -0.39 is 17.9 Å². The molecule has 1 heterocycles. The summed E-state index contributed by atoms with van der Waals surface area (Å²) in [6, 6.07) is -0.935. The van der Waals surface area contributed by atoms with Gasteiger partial charge in [-0.3, -0.25) is 4.79 Å². The zero-order valence-corrected chi connectivity index (χ0v) is 10.8. The molecule has 0 bridgehead atoms. The number of halogens is 1. The zero-order valence-electron chi connectivity index (χ0n) is 10.1. The van der Waals surface area contributed by atoms with Gasteiger partial charge in [-0.25, -0.2) is 14.8 Å². The lowest BCUT2D eigenvalue weighted by atomic mass is 10.0. The van der Waals surface area contributed by atoms with Crippen molar-refractivity contribution < 1.29 is 14.7 Å². The van der Waals surface area contributed by atoms with E-state index in [1.165, 1.54) is 12.4 Å². The second kappa shape index (κ2) is 6.30. The molecule has 1 aromatic heterocycles. The van der Waals surface area contributed by atoms with E-state index >= 15 is 0 Å². The first-order valence-electron chi connectivity index (χ1n) is 5.41. The third kappa shape index (κ3) is 4.29. The summed E-state index contributed by atoms with van der Waals surface area (Å²) in [4.78, 5) is 30.2. The molecule has 1 atom stereocenters. The van der Waals surface area contributed by atoms with Gasteiger partial charge in [0.15, 0.2) is 0 Å². The number of carboxylic acid groups (broad SMARTS) is 1. The average molecular weight is 272 g/mol. The summed E-state index contributed by atoms with van der Waals surface area (Å²) in [6.45, 7) is 3.76. The van der Waals surface area contributed by atoms with E-state index in [2.05, 4.69) is 15.3 Å². The number of nitrogens with zero attached hydrogens (tertiary/aromatic N) is 2. The molecule has 18 heavy (non-hydrogen) atoms. The van der Waals surface area contributed by atoms with E-state index in [9.17, 15) is 9.59 Å². The van der Waals surface area contributed by atoms with Crippen LogP contribution in [-0.2, 0) is 4.79 Å². The summed E-state index contributed by atoms with van der Waals surface area (Å²) in [5.41, 5.74) is 0.0365. The predicted molar refractivity (Wildman–Crippen MR) is 65.4 cm³/mol. The van der Waals surface area contributed by atoms with Crippen molar-refractivity contribution in [2.45, 2.75) is 26.3 Å². The average Bonchev–Trinajstić information content (AvgIpc) is 2.28. The Hall–Kier alpha value is -1.69. The molecule has 7 heteroatoms. The maximum Gasteiger partial charge on any atom is 0.326 e. The number of hydrogen-bond donors (Lipinski definition) is 2. The van der Waals surface area contributed by atoms with E-state index in [1.807, 2.05) is 13.8 Å². The molecule has 98 valence electrons. The molecule has 0 aromatic carbocycles. The molecule has 1 rings (SSSR count). The Balaban J connectivity index is 2.72. The molecule has 0 aliphatic carbocycles. The number of amides is 1. The number of carbonyl (C=O) groups excluding carboxylic acids is 1. The molecule has 0 unspecified atom stereocenters. The summed E-state index contributed by atoms with van der Waals surface area (Å²) in [6.07, 6.45) is 2.78. The molecule has 0 fully saturated rings. The summed E-state index contributed by atoms with van der Waals surface area (Å²) in [7, 11) is 0. The number of aliphatic carboxylic acids is 1. The van der Waals surface area contributed by atoms with E-state index in [0.29, 0.717) is 6.42 Å². The highest BCUT2D eigenvalue weighted by atomic mass is 35.5. The van der Waals surface area contributed by atoms with Crippen molar-refractivity contribution in [3.8, 4) is 0 Å². The Morgan fingerprint density at radius 1 is 1.39 bits per heavy atom. The van der Waals surface area contributed by atoms with Crippen LogP contribution < -0.4 is 5.32 Å². The second-order valence-corrected chi connectivity index (χ2v) is 4.61. The van der Waals surface area contributed by atoms with Crippen LogP contribution in [0.15, 0.2) is 12.4 Å². The van der Waals surface area contributed by atoms with Gasteiger partial charge in [0.25, 0.3) is 5.91 Å². The van der Waals surface area contributed by atoms with Crippen LogP contribution in [0.1, 0.15) is 30.8 Å². The molecule has 6 nitrogen and oxygen atoms in total. The number of nitrogens with one attached hydrogen (secondary N) is 1. The molecule has 0 aliphatic heterocycles. The van der Waals surface area contributed by atoms with Gasteiger partial charge in [-0.15, -0.1) is 0 Å². The third-order valence-corrected chi connectivity index (χ3v) is 2.36. The Kier molecular flexibility index (Phi) is 5.03. The first-order valence-corrected chi connectivity index (χ1v) is 5.79. The van der Waals surface area contributed by atoms with Crippen molar-refractivity contribution in [3.63, 3.8) is 0 Å². The Labute approximate surface area is 109 Å². The Bertz CT molecular complexity index is 434. The summed E-state index contributed by atoms with van der Waals surface area (Å²) >= 11 is 5.54. The Morgan fingerprint density at radius 2 is 2.06 bits per heavy atom. The van der Waals surface area contributed by atoms with Gasteiger partial charge in [0.05, 0.1) is 12.4 Å². The fourth-order valence-corrected chi connectivity index (χ4v) is 1.45. The van der Waals surface area contributed by atoms with Crippen LogP contribution >= 0.6 is 11.6 Å². The van der Waals surface area contributed by atoms with Crippen molar-refractivity contribution in [3.05, 3.63) is 23.2 Å². The standard InChI is InChI=1S/C11H14ClN3O3/c1-6(2)3-7(11(17)18)15-10(16)8-4-14-9(12)5-13-8/h4-7H,3H2,1-2H3,(H,15,16)(H,17,18)/t7-/m0/s1. The van der Waals surface area contributed by atoms with Crippen LogP contribution in [0, 0.1) is 5.92 Å².